The van der Waals surface area contributed by atoms with Crippen molar-refractivity contribution in [2.45, 2.75) is 13.5 Å². The summed E-state index contributed by atoms with van der Waals surface area (Å²) in [6, 6.07) is 15.2. The van der Waals surface area contributed by atoms with Gasteiger partial charge in [-0.3, -0.25) is 14.0 Å². The average Bonchev–Trinajstić information content (AvgIpc) is 2.98. The van der Waals surface area contributed by atoms with E-state index in [9.17, 15) is 9.59 Å². The van der Waals surface area contributed by atoms with Gasteiger partial charge in [0.25, 0.3) is 11.5 Å². The molecule has 2 heterocycles. The number of H-pyrrole nitrogens is 1. The fraction of sp³-hybridized carbons (Fsp3) is 0.105. The second kappa shape index (κ2) is 6.51. The number of hydrogen-bond acceptors (Lipinski definition) is 4. The summed E-state index contributed by atoms with van der Waals surface area (Å²) in [6.45, 7) is 2.43. The molecule has 0 spiro atoms. The Kier molecular flexibility index (Phi) is 4.18. The van der Waals surface area contributed by atoms with Gasteiger partial charge in [0.05, 0.1) is 10.9 Å². The number of para-hydroxylation sites is 1. The molecule has 26 heavy (non-hydrogen) atoms. The maximum atomic E-state index is 12.7. The summed E-state index contributed by atoms with van der Waals surface area (Å²) >= 11 is 6.63. The lowest BCUT2D eigenvalue weighted by molar-refractivity contribution is 0.0956. The molecule has 130 valence electrons. The number of carbonyl (C=O) groups excluding carboxylic acids is 1. The van der Waals surface area contributed by atoms with E-state index in [1.807, 2.05) is 43.3 Å². The molecule has 0 aliphatic heterocycles. The molecule has 7 heteroatoms. The van der Waals surface area contributed by atoms with Crippen LogP contribution in [0, 0.1) is 10.9 Å². The number of rotatable bonds is 3. The molecule has 2 aromatic carbocycles. The molecule has 0 radical (unpaired) electrons. The normalized spacial score (nSPS) is 11.1. The molecule has 0 atom stereocenters. The van der Waals surface area contributed by atoms with Crippen LogP contribution < -0.4 is 10.9 Å². The second-order valence-electron chi connectivity index (χ2n) is 6.02. The first-order valence-corrected chi connectivity index (χ1v) is 9.27. The average molecular weight is 381 g/mol. The van der Waals surface area contributed by atoms with E-state index in [-0.39, 0.29) is 11.5 Å². The maximum Gasteiger partial charge on any atom is 0.265 e. The zero-order valence-electron chi connectivity index (χ0n) is 13.9. The van der Waals surface area contributed by atoms with Crippen molar-refractivity contribution >= 4 is 46.0 Å². The molecule has 5 nitrogen and oxygen atoms in total. The summed E-state index contributed by atoms with van der Waals surface area (Å²) in [5, 5.41) is 3.44. The van der Waals surface area contributed by atoms with E-state index in [0.29, 0.717) is 31.9 Å². The Bertz CT molecular complexity index is 1250. The molecule has 0 unspecified atom stereocenters. The number of nitrogens with one attached hydrogen (secondary N) is 2. The van der Waals surface area contributed by atoms with Crippen LogP contribution in [-0.4, -0.2) is 15.3 Å². The first-order valence-electron chi connectivity index (χ1n) is 8.05. The van der Waals surface area contributed by atoms with Crippen LogP contribution in [0.5, 0.6) is 0 Å². The Morgan fingerprint density at radius 1 is 1.19 bits per heavy atom. The number of nitrogens with zero attached hydrogens (tertiary/aromatic N) is 1. The molecule has 4 aromatic rings. The first kappa shape index (κ1) is 16.7. The van der Waals surface area contributed by atoms with E-state index >= 15 is 0 Å². The molecule has 0 fully saturated rings. The van der Waals surface area contributed by atoms with Crippen LogP contribution >= 0.6 is 23.6 Å². The van der Waals surface area contributed by atoms with Crippen molar-refractivity contribution in [2.75, 3.05) is 0 Å². The van der Waals surface area contributed by atoms with Crippen LogP contribution in [0.15, 0.2) is 53.3 Å². The third-order valence-corrected chi connectivity index (χ3v) is 5.58. The van der Waals surface area contributed by atoms with E-state index in [1.54, 1.807) is 16.5 Å². The first-order chi connectivity index (χ1) is 12.5. The minimum atomic E-state index is -0.255. The highest BCUT2D eigenvalue weighted by atomic mass is 32.1. The molecule has 0 saturated carbocycles. The van der Waals surface area contributed by atoms with Gasteiger partial charge in [0, 0.05) is 6.54 Å². The van der Waals surface area contributed by atoms with Gasteiger partial charge in [-0.05, 0) is 36.8 Å². The summed E-state index contributed by atoms with van der Waals surface area (Å²) in [5.74, 6) is -0.255. The number of fused-ring (bicyclic) bond motifs is 3. The molecule has 1 amide bonds. The zero-order valence-corrected chi connectivity index (χ0v) is 15.5. The molecular formula is C19H15N3O2S2. The number of hydrogen-bond donors (Lipinski definition) is 2. The number of benzene rings is 2. The summed E-state index contributed by atoms with van der Waals surface area (Å²) in [4.78, 5) is 28.2. The fourth-order valence-corrected chi connectivity index (χ4v) is 4.16. The Morgan fingerprint density at radius 3 is 2.69 bits per heavy atom. The monoisotopic (exact) mass is 381 g/mol. The van der Waals surface area contributed by atoms with Gasteiger partial charge < -0.3 is 10.3 Å². The minimum absolute atomic E-state index is 0.235. The summed E-state index contributed by atoms with van der Waals surface area (Å²) in [6.07, 6.45) is 0. The molecule has 2 aromatic heterocycles. The number of aromatic nitrogens is 2. The van der Waals surface area contributed by atoms with Gasteiger partial charge in [-0.1, -0.05) is 53.3 Å². The van der Waals surface area contributed by atoms with Crippen molar-refractivity contribution in [2.24, 2.45) is 0 Å². The summed E-state index contributed by atoms with van der Waals surface area (Å²) in [7, 11) is 0. The summed E-state index contributed by atoms with van der Waals surface area (Å²) in [5.41, 5.74) is 3.08. The Balaban J connectivity index is 1.75. The Morgan fingerprint density at radius 2 is 1.92 bits per heavy atom. The molecule has 0 bridgehead atoms. The third kappa shape index (κ3) is 2.85. The number of carbonyl (C=O) groups is 1. The Hall–Kier alpha value is -2.77. The van der Waals surface area contributed by atoms with E-state index in [4.69, 9.17) is 12.2 Å². The van der Waals surface area contributed by atoms with Crippen LogP contribution in [-0.2, 0) is 6.54 Å². The standard InChI is InChI=1S/C19H15N3O2S2/c1-11-6-8-12(9-7-11)10-20-18(24)15-16-21-17(23)13-4-2-3-5-14(13)22(16)19(25)26-15/h2-9H,10H2,1H3,(H,20,24)(H,21,23). The van der Waals surface area contributed by atoms with E-state index in [1.165, 1.54) is 16.9 Å². The Labute approximate surface area is 157 Å². The van der Waals surface area contributed by atoms with Gasteiger partial charge >= 0.3 is 0 Å². The second-order valence-corrected chi connectivity index (χ2v) is 7.66. The van der Waals surface area contributed by atoms with Crippen molar-refractivity contribution in [1.29, 1.82) is 0 Å². The topological polar surface area (TPSA) is 66.4 Å². The van der Waals surface area contributed by atoms with E-state index in [0.717, 1.165) is 5.56 Å². The molecule has 2 N–H and O–H groups in total. The lowest BCUT2D eigenvalue weighted by Gasteiger charge is -2.06. The van der Waals surface area contributed by atoms with Crippen LogP contribution in [0.1, 0.15) is 20.8 Å². The number of aromatic amines is 1. The van der Waals surface area contributed by atoms with Crippen molar-refractivity contribution in [1.82, 2.24) is 14.7 Å². The molecule has 0 aliphatic rings. The van der Waals surface area contributed by atoms with Gasteiger partial charge in [0.15, 0.2) is 3.95 Å². The predicted molar refractivity (Wildman–Crippen MR) is 107 cm³/mol. The quantitative estimate of drug-likeness (QED) is 0.530. The highest BCUT2D eigenvalue weighted by molar-refractivity contribution is 7.73. The molecule has 0 aliphatic carbocycles. The number of amides is 1. The van der Waals surface area contributed by atoms with Gasteiger partial charge in [-0.25, -0.2) is 0 Å². The van der Waals surface area contributed by atoms with Crippen LogP contribution in [0.4, 0.5) is 0 Å². The van der Waals surface area contributed by atoms with Crippen LogP contribution in [0.3, 0.4) is 0 Å². The molecule has 0 saturated heterocycles. The van der Waals surface area contributed by atoms with Crippen LogP contribution in [0.25, 0.3) is 16.6 Å². The van der Waals surface area contributed by atoms with Crippen molar-refractivity contribution in [3.8, 4) is 0 Å². The predicted octanol–water partition coefficient (Wildman–Crippen LogP) is 3.81. The zero-order chi connectivity index (χ0) is 18.3. The molecular weight excluding hydrogens is 366 g/mol. The van der Waals surface area contributed by atoms with Crippen molar-refractivity contribution in [3.63, 3.8) is 0 Å². The van der Waals surface area contributed by atoms with Gasteiger partial charge in [0.1, 0.15) is 10.5 Å². The van der Waals surface area contributed by atoms with Gasteiger partial charge in [-0.15, -0.1) is 0 Å². The van der Waals surface area contributed by atoms with Crippen molar-refractivity contribution < 1.29 is 4.79 Å². The van der Waals surface area contributed by atoms with Crippen LogP contribution in [0.2, 0.25) is 0 Å². The highest BCUT2D eigenvalue weighted by Gasteiger charge is 2.17. The minimum Gasteiger partial charge on any atom is -0.347 e. The van der Waals surface area contributed by atoms with Gasteiger partial charge in [0.2, 0.25) is 0 Å². The summed E-state index contributed by atoms with van der Waals surface area (Å²) < 4.78 is 2.27. The number of thiazole rings is 1. The SMILES string of the molecule is Cc1ccc(CNC(=O)c2sc(=S)n3c2[nH]c(=O)c2ccccc23)cc1. The lowest BCUT2D eigenvalue weighted by Crippen LogP contribution is -2.23. The smallest absolute Gasteiger partial charge is 0.265 e. The van der Waals surface area contributed by atoms with Gasteiger partial charge in [-0.2, -0.15) is 0 Å². The number of aryl methyl sites for hydroxylation is 1. The largest absolute Gasteiger partial charge is 0.347 e. The lowest BCUT2D eigenvalue weighted by atomic mass is 10.1. The molecule has 4 rings (SSSR count). The van der Waals surface area contributed by atoms with Crippen molar-refractivity contribution in [3.05, 3.63) is 78.8 Å². The maximum absolute atomic E-state index is 12.7. The third-order valence-electron chi connectivity index (χ3n) is 4.21. The fourth-order valence-electron chi connectivity index (χ4n) is 2.86. The van der Waals surface area contributed by atoms with E-state index in [2.05, 4.69) is 10.3 Å². The van der Waals surface area contributed by atoms with E-state index < -0.39 is 0 Å². The highest BCUT2D eigenvalue weighted by Crippen LogP contribution is 2.22.